The van der Waals surface area contributed by atoms with E-state index in [4.69, 9.17) is 19.5 Å². The Bertz CT molecular complexity index is 1850. The molecule has 10 N–H and O–H groups in total. The van der Waals surface area contributed by atoms with Crippen LogP contribution in [0.5, 0.6) is 0 Å². The van der Waals surface area contributed by atoms with Gasteiger partial charge in [-0.25, -0.2) is 28.6 Å². The van der Waals surface area contributed by atoms with Crippen LogP contribution in [0.1, 0.15) is 72.4 Å². The zero-order valence-electron chi connectivity index (χ0n) is 32.2. The van der Waals surface area contributed by atoms with Crippen molar-refractivity contribution in [1.82, 2.24) is 30.2 Å². The van der Waals surface area contributed by atoms with E-state index < -0.39 is 84.6 Å². The smallest absolute Gasteiger partial charge is 0.386 e. The summed E-state index contributed by atoms with van der Waals surface area (Å²) in [5.41, 5.74) is 4.27. The zero-order chi connectivity index (χ0) is 43.5. The molecule has 0 saturated carbocycles. The molecule has 0 aromatic carbocycles. The number of nitrogen functional groups attached to an aromatic ring is 1. The number of hydrogen-bond donors (Lipinski definition) is 9. The maximum absolute atomic E-state index is 12.7. The Hall–Kier alpha value is -2.44. The van der Waals surface area contributed by atoms with E-state index in [1.165, 1.54) is 13.8 Å². The lowest BCUT2D eigenvalue weighted by molar-refractivity contribution is -0.137. The van der Waals surface area contributed by atoms with Gasteiger partial charge in [-0.3, -0.25) is 32.5 Å². The van der Waals surface area contributed by atoms with E-state index >= 15 is 0 Å². The first-order valence-corrected chi connectivity index (χ1v) is 23.5. The van der Waals surface area contributed by atoms with Crippen molar-refractivity contribution < 1.29 is 80.5 Å². The van der Waals surface area contributed by atoms with Crippen molar-refractivity contribution in [2.45, 2.75) is 96.9 Å². The van der Waals surface area contributed by atoms with Crippen molar-refractivity contribution in [3.8, 4) is 0 Å². The number of imidazole rings is 1. The van der Waals surface area contributed by atoms with Crippen molar-refractivity contribution >= 4 is 69.1 Å². The van der Waals surface area contributed by atoms with E-state index in [9.17, 15) is 57.9 Å². The van der Waals surface area contributed by atoms with Crippen LogP contribution in [-0.4, -0.2) is 123 Å². The van der Waals surface area contributed by atoms with E-state index in [1.807, 2.05) is 0 Å². The molecule has 330 valence electrons. The third-order valence-electron chi connectivity index (χ3n) is 8.43. The van der Waals surface area contributed by atoms with Gasteiger partial charge in [-0.2, -0.15) is 4.31 Å². The second-order valence-electron chi connectivity index (χ2n) is 14.3. The molecule has 7 atom stereocenters. The van der Waals surface area contributed by atoms with Crippen molar-refractivity contribution in [3.63, 3.8) is 0 Å². The molecule has 1 aliphatic rings. The highest BCUT2D eigenvalue weighted by Crippen LogP contribution is 2.61. The Labute approximate surface area is 337 Å². The molecule has 2 amide bonds. The minimum atomic E-state index is -5.57. The van der Waals surface area contributed by atoms with Crippen molar-refractivity contribution in [1.29, 1.82) is 0 Å². The van der Waals surface area contributed by atoms with Gasteiger partial charge in [-0.05, 0) is 12.3 Å². The first-order chi connectivity index (χ1) is 26.9. The fraction of sp³-hybridized carbons (Fsp3) is 0.733. The van der Waals surface area contributed by atoms with Gasteiger partial charge in [0.25, 0.3) is 0 Å². The average Bonchev–Trinajstić information content (AvgIpc) is 3.67. The summed E-state index contributed by atoms with van der Waals surface area (Å²) in [4.78, 5) is 87.7. The quantitative estimate of drug-likeness (QED) is 0.0500. The highest BCUT2D eigenvalue weighted by Gasteiger charge is 2.50. The molecule has 24 nitrogen and oxygen atoms in total. The van der Waals surface area contributed by atoms with Gasteiger partial charge in [0, 0.05) is 37.1 Å². The van der Waals surface area contributed by atoms with E-state index in [0.29, 0.717) is 18.1 Å². The first-order valence-electron chi connectivity index (χ1n) is 18.0. The number of ether oxygens (including phenoxy) is 1. The number of nitrogens with two attached hydrogens (primary N) is 1. The number of anilines is 1. The molecule has 0 radical (unpaired) electrons. The van der Waals surface area contributed by atoms with Gasteiger partial charge in [-0.15, -0.1) is 0 Å². The van der Waals surface area contributed by atoms with Crippen molar-refractivity contribution in [3.05, 3.63) is 12.7 Å². The summed E-state index contributed by atoms with van der Waals surface area (Å²) < 4.78 is 62.2. The lowest BCUT2D eigenvalue weighted by Crippen LogP contribution is -2.46. The van der Waals surface area contributed by atoms with E-state index in [2.05, 4.69) is 48.3 Å². The van der Waals surface area contributed by atoms with E-state index in [0.717, 1.165) is 54.7 Å². The lowest BCUT2D eigenvalue weighted by atomic mass is 9.87. The monoisotopic (exact) mass is 907 g/mol. The number of hydrogen-bond acceptors (Lipinski definition) is 18. The minimum Gasteiger partial charge on any atom is -0.386 e. The molecule has 1 saturated heterocycles. The van der Waals surface area contributed by atoms with Crippen LogP contribution in [0.25, 0.3) is 11.2 Å². The predicted octanol–water partition coefficient (Wildman–Crippen LogP) is 1.27. The van der Waals surface area contributed by atoms with Crippen LogP contribution in [0.3, 0.4) is 0 Å². The largest absolute Gasteiger partial charge is 0.481 e. The highest BCUT2D eigenvalue weighted by atomic mass is 32.2. The summed E-state index contributed by atoms with van der Waals surface area (Å²) in [6.45, 7) is 4.86. The number of carbonyl (C=O) groups is 3. The number of carbonyl (C=O) groups excluding carboxylic acids is 3. The number of phosphoric ester groups is 3. The van der Waals surface area contributed by atoms with Crippen LogP contribution in [0.4, 0.5) is 5.82 Å². The minimum absolute atomic E-state index is 0.0323. The molecule has 0 spiro atoms. The number of aromatic nitrogens is 4. The molecule has 0 aliphatic carbocycles. The van der Waals surface area contributed by atoms with Crippen LogP contribution in [0.15, 0.2) is 12.7 Å². The Morgan fingerprint density at radius 3 is 2.36 bits per heavy atom. The van der Waals surface area contributed by atoms with Crippen LogP contribution in [0, 0.1) is 11.3 Å². The van der Waals surface area contributed by atoms with Crippen LogP contribution in [-0.2, 0) is 50.7 Å². The molecule has 0 bridgehead atoms. The molecule has 7 unspecified atom stereocenters. The summed E-state index contributed by atoms with van der Waals surface area (Å²) in [6.07, 6.45) is -2.39. The molecule has 58 heavy (non-hydrogen) atoms. The average molecular weight is 908 g/mol. The lowest BCUT2D eigenvalue weighted by Gasteiger charge is -2.30. The fourth-order valence-electron chi connectivity index (χ4n) is 5.37. The number of phosphoric acid groups is 3. The maximum Gasteiger partial charge on any atom is 0.481 e. The third kappa shape index (κ3) is 16.2. The van der Waals surface area contributed by atoms with Gasteiger partial charge in [0.2, 0.25) is 11.8 Å². The van der Waals surface area contributed by atoms with E-state index in [1.54, 1.807) is 0 Å². The maximum atomic E-state index is 12.7. The number of nitrogens with one attached hydrogen (secondary N) is 2. The van der Waals surface area contributed by atoms with Gasteiger partial charge >= 0.3 is 23.5 Å². The van der Waals surface area contributed by atoms with Gasteiger partial charge in [0.15, 0.2) is 22.8 Å². The number of fused-ring (bicyclic) bond motifs is 1. The zero-order valence-corrected chi connectivity index (χ0v) is 35.7. The molecule has 3 heterocycles. The molecular formula is C30H52N7O17P3S. The molecule has 28 heteroatoms. The van der Waals surface area contributed by atoms with Crippen molar-refractivity contribution in [2.24, 2.45) is 11.3 Å². The topological polar surface area (TPSA) is 364 Å². The van der Waals surface area contributed by atoms with Crippen LogP contribution < -0.4 is 16.4 Å². The normalized spacial score (nSPS) is 21.4. The first kappa shape index (κ1) is 49.9. The summed E-state index contributed by atoms with van der Waals surface area (Å²) in [5.74, 6) is -0.407. The number of nitrogens with zero attached hydrogens (tertiary/aromatic N) is 4. The third-order valence-corrected chi connectivity index (χ3v) is 12.5. The number of aliphatic hydroxyl groups excluding tert-OH is 2. The summed E-state index contributed by atoms with van der Waals surface area (Å²) in [6, 6.07) is 0. The fourth-order valence-corrected chi connectivity index (χ4v) is 8.92. The number of rotatable bonds is 25. The summed E-state index contributed by atoms with van der Waals surface area (Å²) >= 11 is 1.13. The Kier molecular flexibility index (Phi) is 18.8. The molecule has 2 aromatic rings. The van der Waals surface area contributed by atoms with Crippen molar-refractivity contribution in [2.75, 3.05) is 37.8 Å². The SMILES string of the molecule is CC(C)CCCCCC(=O)SCCNC(=O)CCNC(=O)C(O)C(C)(C)COP(=O)(O)OP(=O)(O)OCC1OC(n2cnc3c(N)ncnc32)C(O)C1OP(=O)(O)O. The van der Waals surface area contributed by atoms with Gasteiger partial charge in [0.1, 0.15) is 36.3 Å². The number of thioether (sulfide) groups is 1. The summed E-state index contributed by atoms with van der Waals surface area (Å²) in [7, 11) is -16.4. The van der Waals surface area contributed by atoms with Gasteiger partial charge in [0.05, 0.1) is 19.5 Å². The molecule has 2 aromatic heterocycles. The predicted molar refractivity (Wildman–Crippen MR) is 205 cm³/mol. The van der Waals surface area contributed by atoms with E-state index in [-0.39, 0.29) is 41.6 Å². The van der Waals surface area contributed by atoms with Gasteiger partial charge in [-0.1, -0.05) is 58.7 Å². The van der Waals surface area contributed by atoms with Crippen LogP contribution in [0.2, 0.25) is 0 Å². The Morgan fingerprint density at radius 2 is 1.69 bits per heavy atom. The second-order valence-corrected chi connectivity index (χ2v) is 19.7. The van der Waals surface area contributed by atoms with Gasteiger partial charge < -0.3 is 50.9 Å². The Balaban J connectivity index is 1.44. The number of amides is 2. The number of aliphatic hydroxyl groups is 2. The standard InChI is InChI=1S/C30H52N7O17P3S/c1-18(2)8-6-5-7-9-21(39)58-13-12-32-20(38)10-11-33-28(42)25(41)30(3,4)15-51-57(48,49)54-56(46,47)50-14-19-24(53-55(43,44)45)23(40)29(52-19)37-17-36-22-26(31)34-16-35-27(22)37/h16-19,23-25,29,40-41H,5-15H2,1-4H3,(H,32,38)(H,33,42)(H,46,47)(H,48,49)(H2,31,34,35)(H2,43,44,45). The molecule has 1 fully saturated rings. The number of unbranched alkanes of at least 4 members (excludes halogenated alkanes) is 2. The second kappa shape index (κ2) is 21.9. The molecule has 3 rings (SSSR count). The summed E-state index contributed by atoms with van der Waals surface area (Å²) in [5, 5.41) is 26.5. The molecule has 1 aliphatic heterocycles. The Morgan fingerprint density at radius 1 is 1.00 bits per heavy atom. The van der Waals surface area contributed by atoms with Crippen LogP contribution >= 0.6 is 35.2 Å². The highest BCUT2D eigenvalue weighted by molar-refractivity contribution is 8.13. The molecular weight excluding hydrogens is 855 g/mol.